The van der Waals surface area contributed by atoms with Crippen molar-refractivity contribution in [2.24, 2.45) is 0 Å². The van der Waals surface area contributed by atoms with E-state index in [-0.39, 0.29) is 11.8 Å². The summed E-state index contributed by atoms with van der Waals surface area (Å²) in [6.07, 6.45) is 5.50. The fourth-order valence-corrected chi connectivity index (χ4v) is 3.36. The van der Waals surface area contributed by atoms with E-state index in [1.165, 1.54) is 11.8 Å². The highest BCUT2D eigenvalue weighted by Gasteiger charge is 2.16. The summed E-state index contributed by atoms with van der Waals surface area (Å²) in [6, 6.07) is 2.18. The fourth-order valence-electron chi connectivity index (χ4n) is 1.90. The second kappa shape index (κ2) is 6.29. The monoisotopic (exact) mass is 297 g/mol. The van der Waals surface area contributed by atoms with Crippen molar-refractivity contribution in [1.29, 1.82) is 0 Å². The van der Waals surface area contributed by atoms with Crippen LogP contribution < -0.4 is 0 Å². The molecule has 2 rings (SSSR count). The summed E-state index contributed by atoms with van der Waals surface area (Å²) in [5.41, 5.74) is 1.81. The lowest BCUT2D eigenvalue weighted by Gasteiger charge is -2.15. The van der Waals surface area contributed by atoms with Crippen molar-refractivity contribution in [2.45, 2.75) is 18.1 Å². The van der Waals surface area contributed by atoms with Crippen LogP contribution in [0.2, 0.25) is 0 Å². The van der Waals surface area contributed by atoms with E-state index in [1.807, 2.05) is 6.07 Å². The molecule has 0 aliphatic carbocycles. The summed E-state index contributed by atoms with van der Waals surface area (Å²) < 4.78 is 2.10. The Kier molecular flexibility index (Phi) is 4.71. The van der Waals surface area contributed by atoms with Crippen LogP contribution in [0, 0.1) is 0 Å². The molecule has 5 nitrogen and oxygen atoms in total. The Morgan fingerprint density at radius 1 is 1.58 bits per heavy atom. The van der Waals surface area contributed by atoms with Crippen molar-refractivity contribution in [2.75, 3.05) is 17.8 Å². The van der Waals surface area contributed by atoms with Gasteiger partial charge in [-0.25, -0.2) is 4.98 Å². The van der Waals surface area contributed by atoms with Crippen molar-refractivity contribution in [3.05, 3.63) is 18.5 Å². The van der Waals surface area contributed by atoms with Crippen LogP contribution in [0.3, 0.4) is 0 Å². The molecule has 102 valence electrons. The first-order valence-corrected chi connectivity index (χ1v) is 8.17. The van der Waals surface area contributed by atoms with E-state index in [0.717, 1.165) is 21.9 Å². The molecule has 0 bridgehead atoms. The number of carbonyl (C=O) groups is 1. The second-order valence-corrected chi connectivity index (χ2v) is 5.97. The van der Waals surface area contributed by atoms with Crippen LogP contribution in [0.5, 0.6) is 0 Å². The first-order valence-electron chi connectivity index (χ1n) is 5.79. The van der Waals surface area contributed by atoms with Crippen molar-refractivity contribution in [3.8, 4) is 0 Å². The van der Waals surface area contributed by atoms with Gasteiger partial charge in [-0.3, -0.25) is 9.78 Å². The molecular weight excluding hydrogens is 282 g/mol. The van der Waals surface area contributed by atoms with Gasteiger partial charge >= 0.3 is 5.97 Å². The highest BCUT2D eigenvalue weighted by atomic mass is 32.2. The van der Waals surface area contributed by atoms with Crippen molar-refractivity contribution >= 4 is 40.5 Å². The predicted molar refractivity (Wildman–Crippen MR) is 79.0 cm³/mol. The molecule has 0 fully saturated rings. The molecule has 1 unspecified atom stereocenters. The van der Waals surface area contributed by atoms with Crippen LogP contribution >= 0.6 is 23.5 Å². The molecule has 0 amide bonds. The summed E-state index contributed by atoms with van der Waals surface area (Å²) >= 11 is 3.01. The molecule has 2 aromatic rings. The lowest BCUT2D eigenvalue weighted by atomic mass is 10.3. The van der Waals surface area contributed by atoms with E-state index < -0.39 is 5.97 Å². The van der Waals surface area contributed by atoms with Crippen LogP contribution in [0.1, 0.15) is 13.0 Å². The topological polar surface area (TPSA) is 68.0 Å². The number of hydrogen-bond donors (Lipinski definition) is 1. The first-order chi connectivity index (χ1) is 9.13. The maximum Gasteiger partial charge on any atom is 0.313 e. The molecule has 0 saturated carbocycles. The number of fused-ring (bicyclic) bond motifs is 1. The lowest BCUT2D eigenvalue weighted by molar-refractivity contribution is -0.133. The third kappa shape index (κ3) is 3.22. The lowest BCUT2D eigenvalue weighted by Crippen LogP contribution is -2.10. The van der Waals surface area contributed by atoms with Gasteiger partial charge in [-0.05, 0) is 19.2 Å². The minimum absolute atomic E-state index is 0.0166. The minimum Gasteiger partial charge on any atom is -0.481 e. The first kappa shape index (κ1) is 14.2. The Hall–Kier alpha value is -1.21. The van der Waals surface area contributed by atoms with Gasteiger partial charge in [-0.1, -0.05) is 11.8 Å². The summed E-state index contributed by atoms with van der Waals surface area (Å²) in [4.78, 5) is 19.3. The van der Waals surface area contributed by atoms with Crippen molar-refractivity contribution in [1.82, 2.24) is 14.5 Å². The largest absolute Gasteiger partial charge is 0.481 e. The minimum atomic E-state index is -0.834. The molecule has 1 atom stereocenters. The van der Waals surface area contributed by atoms with Crippen molar-refractivity contribution in [3.63, 3.8) is 0 Å². The Morgan fingerprint density at radius 3 is 3.05 bits per heavy atom. The smallest absolute Gasteiger partial charge is 0.313 e. The number of aromatic nitrogens is 3. The average Bonchev–Trinajstić information content (AvgIpc) is 2.74. The number of carboxylic acids is 1. The summed E-state index contributed by atoms with van der Waals surface area (Å²) in [6.45, 7) is 2.11. The maximum atomic E-state index is 10.7. The zero-order chi connectivity index (χ0) is 13.8. The quantitative estimate of drug-likeness (QED) is 0.826. The van der Waals surface area contributed by atoms with E-state index in [9.17, 15) is 4.79 Å². The third-order valence-electron chi connectivity index (χ3n) is 2.63. The van der Waals surface area contributed by atoms with Gasteiger partial charge in [0.15, 0.2) is 5.16 Å². The van der Waals surface area contributed by atoms with E-state index in [2.05, 4.69) is 27.7 Å². The molecular formula is C12H15N3O2S2. The highest BCUT2D eigenvalue weighted by Crippen LogP contribution is 2.28. The van der Waals surface area contributed by atoms with Gasteiger partial charge in [-0.15, -0.1) is 0 Å². The van der Waals surface area contributed by atoms with Gasteiger partial charge in [0.25, 0.3) is 0 Å². The Balaban J connectivity index is 2.42. The Morgan fingerprint density at radius 2 is 2.37 bits per heavy atom. The number of imidazole rings is 1. The highest BCUT2D eigenvalue weighted by molar-refractivity contribution is 7.99. The van der Waals surface area contributed by atoms with Crippen LogP contribution in [0.4, 0.5) is 0 Å². The van der Waals surface area contributed by atoms with Gasteiger partial charge in [-0.2, -0.15) is 11.8 Å². The molecule has 0 radical (unpaired) electrons. The summed E-state index contributed by atoms with van der Waals surface area (Å²) in [5, 5.41) is 9.55. The normalized spacial score (nSPS) is 12.7. The number of nitrogens with zero attached hydrogens (tertiary/aromatic N) is 3. The molecule has 0 aliphatic rings. The van der Waals surface area contributed by atoms with Gasteiger partial charge in [0.1, 0.15) is 5.52 Å². The molecule has 0 aliphatic heterocycles. The Labute approximate surface area is 119 Å². The molecule has 0 saturated heterocycles. The molecule has 1 N–H and O–H groups in total. The second-order valence-electron chi connectivity index (χ2n) is 4.12. The van der Waals surface area contributed by atoms with Gasteiger partial charge in [0, 0.05) is 18.0 Å². The van der Waals surface area contributed by atoms with E-state index in [0.29, 0.717) is 0 Å². The van der Waals surface area contributed by atoms with Gasteiger partial charge < -0.3 is 9.67 Å². The molecule has 2 aromatic heterocycles. The SMILES string of the molecule is CSCC(C)n1c(SCC(=O)O)nc2cnccc21. The van der Waals surface area contributed by atoms with Crippen LogP contribution in [0.15, 0.2) is 23.6 Å². The fraction of sp³-hybridized carbons (Fsp3) is 0.417. The number of thioether (sulfide) groups is 2. The van der Waals surface area contributed by atoms with Gasteiger partial charge in [0.2, 0.25) is 0 Å². The van der Waals surface area contributed by atoms with Crippen LogP contribution in [0.25, 0.3) is 11.0 Å². The molecule has 19 heavy (non-hydrogen) atoms. The third-order valence-corrected chi connectivity index (χ3v) is 4.39. The number of rotatable bonds is 6. The predicted octanol–water partition coefficient (Wildman–Crippen LogP) is 2.53. The number of pyridine rings is 1. The summed E-state index contributed by atoms with van der Waals surface area (Å²) in [7, 11) is 0. The van der Waals surface area contributed by atoms with Crippen molar-refractivity contribution < 1.29 is 9.90 Å². The Bertz CT molecular complexity index is 585. The molecule has 0 spiro atoms. The standard InChI is InChI=1S/C12H15N3O2S2/c1-8(6-18-2)15-10-3-4-13-5-9(10)14-12(15)19-7-11(16)17/h3-5,8H,6-7H2,1-2H3,(H,16,17). The zero-order valence-corrected chi connectivity index (χ0v) is 12.4. The molecule has 7 heteroatoms. The van der Waals surface area contributed by atoms with Gasteiger partial charge in [0.05, 0.1) is 17.5 Å². The maximum absolute atomic E-state index is 10.7. The molecule has 0 aromatic carbocycles. The summed E-state index contributed by atoms with van der Waals surface area (Å²) in [5.74, 6) is 0.135. The average molecular weight is 297 g/mol. The number of carboxylic acid groups (broad SMARTS) is 1. The van der Waals surface area contributed by atoms with E-state index in [1.54, 1.807) is 24.2 Å². The van der Waals surface area contributed by atoms with E-state index >= 15 is 0 Å². The number of aliphatic carboxylic acids is 1. The van der Waals surface area contributed by atoms with Crippen LogP contribution in [-0.4, -0.2) is 43.4 Å². The zero-order valence-electron chi connectivity index (χ0n) is 10.7. The molecule has 2 heterocycles. The van der Waals surface area contributed by atoms with E-state index in [4.69, 9.17) is 5.11 Å². The number of hydrogen-bond acceptors (Lipinski definition) is 5. The van der Waals surface area contributed by atoms with Crippen LogP contribution in [-0.2, 0) is 4.79 Å².